The zero-order chi connectivity index (χ0) is 19.2. The number of aryl methyl sites for hydroxylation is 1. The van der Waals surface area contributed by atoms with Gasteiger partial charge in [0.15, 0.2) is 0 Å². The van der Waals surface area contributed by atoms with E-state index in [-0.39, 0.29) is 17.1 Å². The molecule has 1 aromatic carbocycles. The van der Waals surface area contributed by atoms with Crippen LogP contribution in [0.1, 0.15) is 45.1 Å². The van der Waals surface area contributed by atoms with Crippen LogP contribution in [0.2, 0.25) is 0 Å². The lowest BCUT2D eigenvalue weighted by Gasteiger charge is -2.23. The SMILES string of the molecule is C=CC.Cc1cc(N2CCCOCC2)cc(F)c1NC(=O)CC1(C)CC1. The number of carbonyl (C=O) groups excluding carboxylic acids is 1. The van der Waals surface area contributed by atoms with Gasteiger partial charge < -0.3 is 15.0 Å². The van der Waals surface area contributed by atoms with Crippen molar-refractivity contribution in [3.8, 4) is 0 Å². The summed E-state index contributed by atoms with van der Waals surface area (Å²) in [4.78, 5) is 14.2. The highest BCUT2D eigenvalue weighted by molar-refractivity contribution is 5.92. The first-order chi connectivity index (χ1) is 12.4. The fraction of sp³-hybridized carbons (Fsp3) is 0.571. The van der Waals surface area contributed by atoms with E-state index in [2.05, 4.69) is 23.7 Å². The second kappa shape index (κ2) is 9.17. The average Bonchev–Trinajstić information content (AvgIpc) is 3.34. The summed E-state index contributed by atoms with van der Waals surface area (Å²) in [5.74, 6) is -0.456. The van der Waals surface area contributed by atoms with Gasteiger partial charge in [0.25, 0.3) is 0 Å². The number of benzene rings is 1. The Morgan fingerprint density at radius 3 is 2.69 bits per heavy atom. The van der Waals surface area contributed by atoms with Crippen molar-refractivity contribution in [2.45, 2.75) is 46.5 Å². The van der Waals surface area contributed by atoms with E-state index < -0.39 is 0 Å². The number of halogens is 1. The molecule has 0 atom stereocenters. The summed E-state index contributed by atoms with van der Waals surface area (Å²) in [7, 11) is 0. The smallest absolute Gasteiger partial charge is 0.225 e. The first-order valence-corrected chi connectivity index (χ1v) is 9.38. The van der Waals surface area contributed by atoms with Crippen LogP contribution < -0.4 is 10.2 Å². The van der Waals surface area contributed by atoms with Crippen molar-refractivity contribution in [3.63, 3.8) is 0 Å². The van der Waals surface area contributed by atoms with E-state index in [1.165, 1.54) is 6.07 Å². The molecule has 1 aliphatic carbocycles. The number of anilines is 2. The molecule has 3 rings (SSSR count). The molecule has 5 heteroatoms. The number of hydrogen-bond donors (Lipinski definition) is 1. The summed E-state index contributed by atoms with van der Waals surface area (Å²) in [5.41, 5.74) is 2.06. The molecule has 1 saturated heterocycles. The second-order valence-corrected chi connectivity index (χ2v) is 7.52. The van der Waals surface area contributed by atoms with E-state index in [1.54, 1.807) is 6.08 Å². The maximum Gasteiger partial charge on any atom is 0.225 e. The molecule has 1 saturated carbocycles. The first kappa shape index (κ1) is 20.4. The van der Waals surface area contributed by atoms with Crippen LogP contribution >= 0.6 is 0 Å². The van der Waals surface area contributed by atoms with Crippen molar-refractivity contribution in [3.05, 3.63) is 36.2 Å². The first-order valence-electron chi connectivity index (χ1n) is 9.38. The van der Waals surface area contributed by atoms with Gasteiger partial charge >= 0.3 is 0 Å². The molecule has 26 heavy (non-hydrogen) atoms. The second-order valence-electron chi connectivity index (χ2n) is 7.52. The highest BCUT2D eigenvalue weighted by atomic mass is 19.1. The van der Waals surface area contributed by atoms with Crippen LogP contribution in [0, 0.1) is 18.2 Å². The highest BCUT2D eigenvalue weighted by Crippen LogP contribution is 2.48. The molecule has 0 aromatic heterocycles. The minimum Gasteiger partial charge on any atom is -0.380 e. The van der Waals surface area contributed by atoms with E-state index in [0.717, 1.165) is 50.2 Å². The van der Waals surface area contributed by atoms with E-state index in [9.17, 15) is 9.18 Å². The van der Waals surface area contributed by atoms with Crippen LogP contribution in [0.4, 0.5) is 15.8 Å². The molecule has 2 fully saturated rings. The van der Waals surface area contributed by atoms with Gasteiger partial charge in [-0.2, -0.15) is 0 Å². The lowest BCUT2D eigenvalue weighted by molar-refractivity contribution is -0.117. The third-order valence-electron chi connectivity index (χ3n) is 4.81. The van der Waals surface area contributed by atoms with Crippen LogP contribution in [0.25, 0.3) is 0 Å². The molecular weight excluding hydrogens is 331 g/mol. The van der Waals surface area contributed by atoms with Crippen molar-refractivity contribution < 1.29 is 13.9 Å². The number of hydrogen-bond acceptors (Lipinski definition) is 3. The molecule has 2 aliphatic rings. The normalized spacial score (nSPS) is 18.2. The Hall–Kier alpha value is -1.88. The number of allylic oxidation sites excluding steroid dienone is 1. The summed E-state index contributed by atoms with van der Waals surface area (Å²) in [6.45, 7) is 12.2. The van der Waals surface area contributed by atoms with Crippen LogP contribution in [-0.2, 0) is 9.53 Å². The summed E-state index contributed by atoms with van der Waals surface area (Å²) in [6, 6.07) is 3.47. The van der Waals surface area contributed by atoms with Gasteiger partial charge in [-0.05, 0) is 56.2 Å². The molecule has 1 aromatic rings. The topological polar surface area (TPSA) is 41.6 Å². The molecule has 1 aliphatic heterocycles. The van der Waals surface area contributed by atoms with E-state index in [1.807, 2.05) is 19.9 Å². The van der Waals surface area contributed by atoms with E-state index in [4.69, 9.17) is 4.74 Å². The van der Waals surface area contributed by atoms with Gasteiger partial charge in [-0.1, -0.05) is 13.0 Å². The maximum atomic E-state index is 14.5. The molecule has 0 bridgehead atoms. The number of rotatable bonds is 4. The Bertz CT molecular complexity index is 610. The molecule has 1 amide bonds. The molecule has 0 radical (unpaired) electrons. The summed E-state index contributed by atoms with van der Waals surface area (Å²) in [6.07, 6.45) is 5.32. The van der Waals surface area contributed by atoms with Gasteiger partial charge in [0, 0.05) is 31.8 Å². The Morgan fingerprint density at radius 2 is 2.08 bits per heavy atom. The number of nitrogens with zero attached hydrogens (tertiary/aromatic N) is 1. The number of amides is 1. The molecular formula is C21H31FN2O2. The molecule has 1 N–H and O–H groups in total. The number of nitrogens with one attached hydrogen (secondary N) is 1. The predicted octanol–water partition coefficient (Wildman–Crippen LogP) is 4.68. The lowest BCUT2D eigenvalue weighted by Crippen LogP contribution is -2.26. The standard InChI is InChI=1S/C18H25FN2O2.C3H6/c1-13-10-14(21-6-3-8-23-9-7-21)11-15(19)17(13)20-16(22)12-18(2)4-5-18;1-3-2/h10-11H,3-9,12H2,1-2H3,(H,20,22);3H,1H2,2H3. The van der Waals surface area contributed by atoms with Gasteiger partial charge in [-0.25, -0.2) is 4.39 Å². The largest absolute Gasteiger partial charge is 0.380 e. The van der Waals surface area contributed by atoms with Crippen LogP contribution in [-0.4, -0.2) is 32.2 Å². The van der Waals surface area contributed by atoms with Gasteiger partial charge in [-0.15, -0.1) is 6.58 Å². The summed E-state index contributed by atoms with van der Waals surface area (Å²) in [5, 5.41) is 2.76. The minimum atomic E-state index is -0.362. The third-order valence-corrected chi connectivity index (χ3v) is 4.81. The van der Waals surface area contributed by atoms with Crippen LogP contribution in [0.15, 0.2) is 24.8 Å². The van der Waals surface area contributed by atoms with Gasteiger partial charge in [-0.3, -0.25) is 4.79 Å². The quantitative estimate of drug-likeness (QED) is 0.791. The summed E-state index contributed by atoms with van der Waals surface area (Å²) >= 11 is 0. The monoisotopic (exact) mass is 362 g/mol. The molecule has 0 unspecified atom stereocenters. The fourth-order valence-electron chi connectivity index (χ4n) is 3.03. The van der Waals surface area contributed by atoms with Crippen molar-refractivity contribution in [1.29, 1.82) is 0 Å². The Morgan fingerprint density at radius 1 is 1.38 bits per heavy atom. The minimum absolute atomic E-state index is 0.0945. The zero-order valence-corrected chi connectivity index (χ0v) is 16.2. The maximum absolute atomic E-state index is 14.5. The fourth-order valence-corrected chi connectivity index (χ4v) is 3.03. The Kier molecular flexibility index (Phi) is 7.21. The molecule has 0 spiro atoms. The molecule has 4 nitrogen and oxygen atoms in total. The molecule has 144 valence electrons. The van der Waals surface area contributed by atoms with Gasteiger partial charge in [0.1, 0.15) is 5.82 Å². The Balaban J connectivity index is 0.000000758. The highest BCUT2D eigenvalue weighted by Gasteiger charge is 2.39. The zero-order valence-electron chi connectivity index (χ0n) is 16.2. The number of carbonyl (C=O) groups is 1. The van der Waals surface area contributed by atoms with Gasteiger partial charge in [0.05, 0.1) is 12.3 Å². The van der Waals surface area contributed by atoms with Crippen molar-refractivity contribution in [2.75, 3.05) is 36.5 Å². The van der Waals surface area contributed by atoms with Crippen LogP contribution in [0.5, 0.6) is 0 Å². The van der Waals surface area contributed by atoms with Crippen LogP contribution in [0.3, 0.4) is 0 Å². The lowest BCUT2D eigenvalue weighted by atomic mass is 10.0. The van der Waals surface area contributed by atoms with Crippen molar-refractivity contribution in [2.24, 2.45) is 5.41 Å². The van der Waals surface area contributed by atoms with Crippen molar-refractivity contribution in [1.82, 2.24) is 0 Å². The predicted molar refractivity (Wildman–Crippen MR) is 105 cm³/mol. The summed E-state index contributed by atoms with van der Waals surface area (Å²) < 4.78 is 19.9. The van der Waals surface area contributed by atoms with E-state index >= 15 is 0 Å². The number of ether oxygens (including phenoxy) is 1. The van der Waals surface area contributed by atoms with Gasteiger partial charge in [0.2, 0.25) is 5.91 Å². The van der Waals surface area contributed by atoms with E-state index in [0.29, 0.717) is 18.7 Å². The average molecular weight is 362 g/mol. The van der Waals surface area contributed by atoms with Crippen molar-refractivity contribution >= 4 is 17.3 Å². The Labute approximate surface area is 156 Å². The molecule has 1 heterocycles. The third kappa shape index (κ3) is 5.84.